The van der Waals surface area contributed by atoms with Crippen molar-refractivity contribution in [3.8, 4) is 6.07 Å². The van der Waals surface area contributed by atoms with E-state index in [4.69, 9.17) is 0 Å². The molecule has 2 fully saturated rings. The lowest BCUT2D eigenvalue weighted by Crippen LogP contribution is -2.61. The van der Waals surface area contributed by atoms with Crippen LogP contribution in [0.25, 0.3) is 0 Å². The van der Waals surface area contributed by atoms with Gasteiger partial charge in [-0.15, -0.1) is 0 Å². The standard InChI is InChI=1S/C13H22N2S/c1-12(2)7-8-16-10-13(12,9-14)15-11-5-3-4-6-11/h11,15H,3-8,10H2,1-2H3. The Kier molecular flexibility index (Phi) is 3.51. The Balaban J connectivity index is 2.13. The molecule has 3 heteroatoms. The van der Waals surface area contributed by atoms with Crippen LogP contribution in [-0.2, 0) is 0 Å². The molecule has 0 aromatic rings. The summed E-state index contributed by atoms with van der Waals surface area (Å²) < 4.78 is 0. The molecule has 1 heterocycles. The molecule has 1 saturated carbocycles. The van der Waals surface area contributed by atoms with Crippen molar-refractivity contribution in [2.24, 2.45) is 5.41 Å². The van der Waals surface area contributed by atoms with Gasteiger partial charge in [0.1, 0.15) is 5.54 Å². The van der Waals surface area contributed by atoms with Crippen molar-refractivity contribution in [1.29, 1.82) is 5.26 Å². The van der Waals surface area contributed by atoms with E-state index in [0.29, 0.717) is 6.04 Å². The van der Waals surface area contributed by atoms with Gasteiger partial charge in [-0.1, -0.05) is 26.7 Å². The average molecular weight is 238 g/mol. The van der Waals surface area contributed by atoms with Crippen LogP contribution in [0.5, 0.6) is 0 Å². The van der Waals surface area contributed by atoms with Gasteiger partial charge in [-0.2, -0.15) is 17.0 Å². The van der Waals surface area contributed by atoms with Crippen LogP contribution in [0.15, 0.2) is 0 Å². The Labute approximate surface area is 103 Å². The molecular weight excluding hydrogens is 216 g/mol. The molecule has 0 spiro atoms. The second-order valence-electron chi connectivity index (χ2n) is 5.83. The molecule has 1 aliphatic heterocycles. The van der Waals surface area contributed by atoms with Gasteiger partial charge in [0.2, 0.25) is 0 Å². The topological polar surface area (TPSA) is 35.8 Å². The van der Waals surface area contributed by atoms with Gasteiger partial charge in [0, 0.05) is 11.8 Å². The molecule has 90 valence electrons. The van der Waals surface area contributed by atoms with Gasteiger partial charge in [0.05, 0.1) is 6.07 Å². The van der Waals surface area contributed by atoms with E-state index in [-0.39, 0.29) is 11.0 Å². The van der Waals surface area contributed by atoms with Crippen LogP contribution in [0.1, 0.15) is 46.0 Å². The molecule has 0 amide bonds. The SMILES string of the molecule is CC1(C)CCSCC1(C#N)NC1CCCC1. The summed E-state index contributed by atoms with van der Waals surface area (Å²) in [4.78, 5) is 0. The third kappa shape index (κ3) is 2.10. The van der Waals surface area contributed by atoms with Gasteiger partial charge in [0.25, 0.3) is 0 Å². The number of nitrogens with zero attached hydrogens (tertiary/aromatic N) is 1. The Morgan fingerprint density at radius 3 is 2.56 bits per heavy atom. The maximum absolute atomic E-state index is 9.61. The first-order valence-electron chi connectivity index (χ1n) is 6.36. The Morgan fingerprint density at radius 2 is 2.00 bits per heavy atom. The van der Waals surface area contributed by atoms with E-state index in [9.17, 15) is 5.26 Å². The van der Waals surface area contributed by atoms with Crippen LogP contribution in [0.3, 0.4) is 0 Å². The first-order valence-corrected chi connectivity index (χ1v) is 7.52. The lowest BCUT2D eigenvalue weighted by atomic mass is 9.71. The second kappa shape index (κ2) is 4.58. The third-order valence-electron chi connectivity index (χ3n) is 4.34. The van der Waals surface area contributed by atoms with E-state index in [1.165, 1.54) is 31.4 Å². The highest BCUT2D eigenvalue weighted by molar-refractivity contribution is 7.99. The Morgan fingerprint density at radius 1 is 1.31 bits per heavy atom. The lowest BCUT2D eigenvalue weighted by Gasteiger charge is -2.47. The highest BCUT2D eigenvalue weighted by Crippen LogP contribution is 2.43. The summed E-state index contributed by atoms with van der Waals surface area (Å²) >= 11 is 1.93. The molecule has 1 aliphatic carbocycles. The normalized spacial score (nSPS) is 34.8. The fourth-order valence-electron chi connectivity index (χ4n) is 2.83. The molecular formula is C13H22N2S. The molecule has 16 heavy (non-hydrogen) atoms. The van der Waals surface area contributed by atoms with Crippen molar-refractivity contribution >= 4 is 11.8 Å². The van der Waals surface area contributed by atoms with E-state index in [1.807, 2.05) is 11.8 Å². The van der Waals surface area contributed by atoms with Crippen molar-refractivity contribution in [1.82, 2.24) is 5.32 Å². The van der Waals surface area contributed by atoms with E-state index < -0.39 is 0 Å². The van der Waals surface area contributed by atoms with E-state index in [2.05, 4.69) is 25.2 Å². The van der Waals surface area contributed by atoms with Gasteiger partial charge in [-0.3, -0.25) is 5.32 Å². The zero-order valence-corrected chi connectivity index (χ0v) is 11.2. The van der Waals surface area contributed by atoms with Gasteiger partial charge < -0.3 is 0 Å². The number of hydrogen-bond acceptors (Lipinski definition) is 3. The predicted octanol–water partition coefficient (Wildman–Crippen LogP) is 2.94. The van der Waals surface area contributed by atoms with Crippen molar-refractivity contribution in [3.05, 3.63) is 0 Å². The molecule has 2 aliphatic rings. The number of nitrogens with one attached hydrogen (secondary N) is 1. The molecule has 1 saturated heterocycles. The summed E-state index contributed by atoms with van der Waals surface area (Å²) in [5.41, 5.74) is -0.194. The fourth-order valence-corrected chi connectivity index (χ4v) is 4.48. The minimum Gasteiger partial charge on any atom is -0.295 e. The smallest absolute Gasteiger partial charge is 0.121 e. The van der Waals surface area contributed by atoms with Crippen LogP contribution in [-0.4, -0.2) is 23.1 Å². The second-order valence-corrected chi connectivity index (χ2v) is 6.93. The van der Waals surface area contributed by atoms with Crippen LogP contribution in [0.4, 0.5) is 0 Å². The highest BCUT2D eigenvalue weighted by atomic mass is 32.2. The molecule has 2 rings (SSSR count). The van der Waals surface area contributed by atoms with Crippen LogP contribution < -0.4 is 5.32 Å². The Bertz CT molecular complexity index is 289. The monoisotopic (exact) mass is 238 g/mol. The van der Waals surface area contributed by atoms with Crippen molar-refractivity contribution in [2.75, 3.05) is 11.5 Å². The van der Waals surface area contributed by atoms with Crippen molar-refractivity contribution < 1.29 is 0 Å². The Hall–Kier alpha value is -0.200. The quantitative estimate of drug-likeness (QED) is 0.803. The minimum atomic E-state index is -0.301. The molecule has 1 unspecified atom stereocenters. The maximum atomic E-state index is 9.61. The summed E-state index contributed by atoms with van der Waals surface area (Å²) in [6.45, 7) is 4.50. The van der Waals surface area contributed by atoms with Gasteiger partial charge in [-0.25, -0.2) is 0 Å². The highest BCUT2D eigenvalue weighted by Gasteiger charge is 2.48. The first kappa shape index (κ1) is 12.3. The van der Waals surface area contributed by atoms with Crippen LogP contribution in [0, 0.1) is 16.7 Å². The summed E-state index contributed by atoms with van der Waals surface area (Å²) in [7, 11) is 0. The summed E-state index contributed by atoms with van der Waals surface area (Å²) in [5.74, 6) is 2.15. The van der Waals surface area contributed by atoms with Crippen molar-refractivity contribution in [3.63, 3.8) is 0 Å². The number of thioether (sulfide) groups is 1. The summed E-state index contributed by atoms with van der Waals surface area (Å²) in [5, 5.41) is 13.3. The minimum absolute atomic E-state index is 0.107. The molecule has 0 aromatic carbocycles. The largest absolute Gasteiger partial charge is 0.295 e. The van der Waals surface area contributed by atoms with Crippen LogP contribution >= 0.6 is 11.8 Å². The van der Waals surface area contributed by atoms with Crippen LogP contribution in [0.2, 0.25) is 0 Å². The van der Waals surface area contributed by atoms with E-state index >= 15 is 0 Å². The summed E-state index contributed by atoms with van der Waals surface area (Å²) in [6, 6.07) is 3.18. The van der Waals surface area contributed by atoms with Gasteiger partial charge in [-0.05, 0) is 30.4 Å². The van der Waals surface area contributed by atoms with Crippen molar-refractivity contribution in [2.45, 2.75) is 57.5 Å². The predicted molar refractivity (Wildman–Crippen MR) is 69.5 cm³/mol. The molecule has 0 aromatic heterocycles. The zero-order chi connectivity index (χ0) is 11.6. The molecule has 0 bridgehead atoms. The first-order chi connectivity index (χ1) is 7.60. The maximum Gasteiger partial charge on any atom is 0.121 e. The molecule has 1 N–H and O–H groups in total. The van der Waals surface area contributed by atoms with Gasteiger partial charge in [0.15, 0.2) is 0 Å². The number of rotatable bonds is 2. The molecule has 1 atom stereocenters. The lowest BCUT2D eigenvalue weighted by molar-refractivity contribution is 0.167. The zero-order valence-electron chi connectivity index (χ0n) is 10.4. The van der Waals surface area contributed by atoms with E-state index in [0.717, 1.165) is 12.2 Å². The number of hydrogen-bond donors (Lipinski definition) is 1. The third-order valence-corrected chi connectivity index (χ3v) is 5.47. The summed E-state index contributed by atoms with van der Waals surface area (Å²) in [6.07, 6.45) is 6.30. The number of nitriles is 1. The molecule has 0 radical (unpaired) electrons. The molecule has 2 nitrogen and oxygen atoms in total. The average Bonchev–Trinajstić information content (AvgIpc) is 2.74. The van der Waals surface area contributed by atoms with Gasteiger partial charge >= 0.3 is 0 Å². The van der Waals surface area contributed by atoms with E-state index in [1.54, 1.807) is 0 Å². The fraction of sp³-hybridized carbons (Fsp3) is 0.923.